The first-order valence-corrected chi connectivity index (χ1v) is 10.0. The molecule has 0 saturated heterocycles. The number of guanidine groups is 1. The Kier molecular flexibility index (Phi) is 12.3. The third-order valence-electron chi connectivity index (χ3n) is 4.55. The van der Waals surface area contributed by atoms with Gasteiger partial charge in [-0.25, -0.2) is 0 Å². The maximum absolute atomic E-state index is 5.59. The van der Waals surface area contributed by atoms with Gasteiger partial charge in [0.25, 0.3) is 0 Å². The quantitative estimate of drug-likeness (QED) is 0.314. The number of nitrogens with one attached hydrogen (secondary N) is 2. The molecule has 0 aliphatic heterocycles. The van der Waals surface area contributed by atoms with Gasteiger partial charge < -0.3 is 25.0 Å². The predicted octanol–water partition coefficient (Wildman–Crippen LogP) is 2.89. The van der Waals surface area contributed by atoms with E-state index in [9.17, 15) is 0 Å². The highest BCUT2D eigenvalue weighted by Gasteiger charge is 2.07. The first kappa shape index (κ1) is 23.2. The van der Waals surface area contributed by atoms with Gasteiger partial charge in [0.15, 0.2) is 5.96 Å². The predicted molar refractivity (Wildman–Crippen MR) is 114 cm³/mol. The number of hydrogen-bond donors (Lipinski definition) is 2. The first-order chi connectivity index (χ1) is 13.1. The van der Waals surface area contributed by atoms with Gasteiger partial charge in [-0.2, -0.15) is 0 Å². The lowest BCUT2D eigenvalue weighted by Gasteiger charge is -2.21. The second kappa shape index (κ2) is 14.3. The van der Waals surface area contributed by atoms with E-state index in [4.69, 9.17) is 9.47 Å². The summed E-state index contributed by atoms with van der Waals surface area (Å²) in [6, 6.07) is 8.49. The first-order valence-electron chi connectivity index (χ1n) is 10.0. The summed E-state index contributed by atoms with van der Waals surface area (Å²) in [6.45, 7) is 11.9. The van der Waals surface area contributed by atoms with Crippen LogP contribution in [0.1, 0.15) is 39.2 Å². The minimum Gasteiger partial charge on any atom is -0.491 e. The fourth-order valence-corrected chi connectivity index (χ4v) is 2.79. The normalized spacial score (nSPS) is 12.9. The Morgan fingerprint density at radius 2 is 1.85 bits per heavy atom. The highest BCUT2D eigenvalue weighted by atomic mass is 16.5. The maximum atomic E-state index is 5.59. The van der Waals surface area contributed by atoms with Gasteiger partial charge >= 0.3 is 0 Å². The molecule has 6 nitrogen and oxygen atoms in total. The van der Waals surface area contributed by atoms with Crippen LogP contribution in [0.3, 0.4) is 0 Å². The summed E-state index contributed by atoms with van der Waals surface area (Å²) < 4.78 is 10.6. The zero-order valence-electron chi connectivity index (χ0n) is 17.8. The summed E-state index contributed by atoms with van der Waals surface area (Å²) in [5.74, 6) is 1.70. The van der Waals surface area contributed by atoms with Crippen LogP contribution in [0.4, 0.5) is 0 Å². The van der Waals surface area contributed by atoms with Crippen molar-refractivity contribution in [1.82, 2.24) is 15.5 Å². The van der Waals surface area contributed by atoms with E-state index < -0.39 is 0 Å². The van der Waals surface area contributed by atoms with Crippen molar-refractivity contribution in [2.24, 2.45) is 4.99 Å². The Hall–Kier alpha value is -1.79. The van der Waals surface area contributed by atoms with E-state index in [1.165, 1.54) is 12.0 Å². The average molecular weight is 379 g/mol. The molecule has 0 spiro atoms. The van der Waals surface area contributed by atoms with E-state index in [1.807, 2.05) is 19.2 Å². The topological polar surface area (TPSA) is 58.1 Å². The SMILES string of the molecule is CCN(CC)CCCC(C)NC(=NC)NCc1ccc(OCCOC)cc1. The van der Waals surface area contributed by atoms with Crippen molar-refractivity contribution in [3.63, 3.8) is 0 Å². The fraction of sp³-hybridized carbons (Fsp3) is 0.667. The Morgan fingerprint density at radius 1 is 1.15 bits per heavy atom. The van der Waals surface area contributed by atoms with E-state index in [0.29, 0.717) is 19.3 Å². The van der Waals surface area contributed by atoms with Gasteiger partial charge in [0.05, 0.1) is 6.61 Å². The molecule has 0 fully saturated rings. The van der Waals surface area contributed by atoms with Crippen LogP contribution in [-0.2, 0) is 11.3 Å². The summed E-state index contributed by atoms with van der Waals surface area (Å²) in [5, 5.41) is 6.85. The number of aliphatic imine (C=N–C) groups is 1. The molecular weight excluding hydrogens is 340 g/mol. The second-order valence-electron chi connectivity index (χ2n) is 6.63. The number of methoxy groups -OCH3 is 1. The van der Waals surface area contributed by atoms with E-state index >= 15 is 0 Å². The molecule has 0 radical (unpaired) electrons. The van der Waals surface area contributed by atoms with Gasteiger partial charge in [-0.3, -0.25) is 4.99 Å². The molecule has 0 heterocycles. The number of hydrogen-bond acceptors (Lipinski definition) is 4. The smallest absolute Gasteiger partial charge is 0.191 e. The molecule has 0 bridgehead atoms. The zero-order valence-corrected chi connectivity index (χ0v) is 17.8. The van der Waals surface area contributed by atoms with Crippen molar-refractivity contribution in [1.29, 1.82) is 0 Å². The van der Waals surface area contributed by atoms with Gasteiger partial charge in [-0.05, 0) is 57.1 Å². The average Bonchev–Trinajstić information content (AvgIpc) is 2.69. The third-order valence-corrected chi connectivity index (χ3v) is 4.55. The van der Waals surface area contributed by atoms with Crippen molar-refractivity contribution in [3.8, 4) is 5.75 Å². The largest absolute Gasteiger partial charge is 0.491 e. The Balaban J connectivity index is 2.32. The van der Waals surface area contributed by atoms with Crippen LogP contribution in [0.15, 0.2) is 29.3 Å². The summed E-state index contributed by atoms with van der Waals surface area (Å²) in [4.78, 5) is 6.79. The van der Waals surface area contributed by atoms with Crippen LogP contribution in [0.5, 0.6) is 5.75 Å². The number of nitrogens with zero attached hydrogens (tertiary/aromatic N) is 2. The van der Waals surface area contributed by atoms with Crippen LogP contribution in [0.2, 0.25) is 0 Å². The summed E-state index contributed by atoms with van der Waals surface area (Å²) >= 11 is 0. The molecule has 6 heteroatoms. The third kappa shape index (κ3) is 10.2. The fourth-order valence-electron chi connectivity index (χ4n) is 2.79. The number of benzene rings is 1. The van der Waals surface area contributed by atoms with Gasteiger partial charge in [0.1, 0.15) is 12.4 Å². The van der Waals surface area contributed by atoms with Gasteiger partial charge in [-0.1, -0.05) is 26.0 Å². The molecule has 0 aliphatic rings. The second-order valence-corrected chi connectivity index (χ2v) is 6.63. The Bertz CT molecular complexity index is 515. The molecule has 0 saturated carbocycles. The highest BCUT2D eigenvalue weighted by Crippen LogP contribution is 2.12. The Labute approximate surface area is 165 Å². The molecular formula is C21H38N4O2. The molecule has 27 heavy (non-hydrogen) atoms. The molecule has 0 aliphatic carbocycles. The van der Waals surface area contributed by atoms with Crippen molar-refractivity contribution in [2.75, 3.05) is 47.0 Å². The standard InChI is InChI=1S/C21H38N4O2/c1-6-25(7-2)14-8-9-18(3)24-21(22-4)23-17-19-10-12-20(13-11-19)27-16-15-26-5/h10-13,18H,6-9,14-17H2,1-5H3,(H2,22,23,24). The molecule has 1 rings (SSSR count). The Morgan fingerprint density at radius 3 is 2.44 bits per heavy atom. The van der Waals surface area contributed by atoms with Gasteiger partial charge in [0, 0.05) is 26.7 Å². The molecule has 1 atom stereocenters. The highest BCUT2D eigenvalue weighted by molar-refractivity contribution is 5.79. The van der Waals surface area contributed by atoms with Crippen molar-refractivity contribution < 1.29 is 9.47 Å². The van der Waals surface area contributed by atoms with Crippen LogP contribution < -0.4 is 15.4 Å². The summed E-state index contributed by atoms with van der Waals surface area (Å²) in [5.41, 5.74) is 1.19. The molecule has 1 aromatic rings. The number of rotatable bonds is 13. The zero-order chi connectivity index (χ0) is 19.9. The molecule has 154 valence electrons. The molecule has 0 aromatic heterocycles. The van der Waals surface area contributed by atoms with Crippen LogP contribution in [-0.4, -0.2) is 63.9 Å². The van der Waals surface area contributed by atoms with Crippen LogP contribution in [0, 0.1) is 0 Å². The van der Waals surface area contributed by atoms with Gasteiger partial charge in [-0.15, -0.1) is 0 Å². The lowest BCUT2D eigenvalue weighted by molar-refractivity contribution is 0.146. The van der Waals surface area contributed by atoms with Crippen LogP contribution in [0.25, 0.3) is 0 Å². The summed E-state index contributed by atoms with van der Waals surface area (Å²) in [7, 11) is 3.48. The maximum Gasteiger partial charge on any atom is 0.191 e. The monoisotopic (exact) mass is 378 g/mol. The van der Waals surface area contributed by atoms with E-state index in [1.54, 1.807) is 7.11 Å². The minimum absolute atomic E-state index is 0.392. The van der Waals surface area contributed by atoms with Crippen molar-refractivity contribution in [2.45, 2.75) is 46.2 Å². The molecule has 0 amide bonds. The lowest BCUT2D eigenvalue weighted by Crippen LogP contribution is -2.42. The van der Waals surface area contributed by atoms with E-state index in [-0.39, 0.29) is 0 Å². The van der Waals surface area contributed by atoms with Crippen molar-refractivity contribution in [3.05, 3.63) is 29.8 Å². The molecule has 1 unspecified atom stereocenters. The van der Waals surface area contributed by atoms with Gasteiger partial charge in [0.2, 0.25) is 0 Å². The van der Waals surface area contributed by atoms with Crippen molar-refractivity contribution >= 4 is 5.96 Å². The van der Waals surface area contributed by atoms with E-state index in [2.05, 4.69) is 53.4 Å². The molecule has 1 aromatic carbocycles. The van der Waals surface area contributed by atoms with Crippen LogP contribution >= 0.6 is 0 Å². The number of ether oxygens (including phenoxy) is 2. The molecule has 2 N–H and O–H groups in total. The lowest BCUT2D eigenvalue weighted by atomic mass is 10.2. The summed E-state index contributed by atoms with van der Waals surface area (Å²) in [6.07, 6.45) is 2.32. The van der Waals surface area contributed by atoms with E-state index in [0.717, 1.165) is 44.3 Å². The minimum atomic E-state index is 0.392.